The molecule has 3 rings (SSSR count). The average molecular weight is 328 g/mol. The van der Waals surface area contributed by atoms with Crippen LogP contribution in [0.2, 0.25) is 0 Å². The molecule has 1 unspecified atom stereocenters. The topological polar surface area (TPSA) is 78.9 Å². The number of carbonyl (C=O) groups is 3. The molecule has 0 amide bonds. The molecule has 0 bridgehead atoms. The van der Waals surface area contributed by atoms with Crippen molar-refractivity contribution in [3.8, 4) is 0 Å². The number of hydrogen-bond donors (Lipinski definition) is 0. The van der Waals surface area contributed by atoms with Crippen LogP contribution in [0, 0.1) is 5.92 Å². The highest BCUT2D eigenvalue weighted by Crippen LogP contribution is 2.13. The first-order valence-corrected chi connectivity index (χ1v) is 8.55. The molecule has 0 N–H and O–H groups in total. The molecule has 3 saturated heterocycles. The Hall–Kier alpha value is -1.59. The fourth-order valence-corrected chi connectivity index (χ4v) is 2.26. The van der Waals surface area contributed by atoms with E-state index in [1.807, 2.05) is 0 Å². The van der Waals surface area contributed by atoms with Crippen LogP contribution in [-0.4, -0.2) is 37.7 Å². The molecular weight excluding hydrogens is 300 g/mol. The molecule has 0 aromatic carbocycles. The van der Waals surface area contributed by atoms with Crippen molar-refractivity contribution in [3.05, 3.63) is 0 Å². The lowest BCUT2D eigenvalue weighted by atomic mass is 10.0. The summed E-state index contributed by atoms with van der Waals surface area (Å²) in [6.45, 7) is 3.97. The van der Waals surface area contributed by atoms with Crippen molar-refractivity contribution in [3.63, 3.8) is 0 Å². The fraction of sp³-hybridized carbons (Fsp3) is 0.824. The number of ether oxygens (including phenoxy) is 3. The van der Waals surface area contributed by atoms with E-state index in [1.54, 1.807) is 0 Å². The van der Waals surface area contributed by atoms with Gasteiger partial charge in [0.05, 0.1) is 19.8 Å². The van der Waals surface area contributed by atoms with Crippen LogP contribution in [0.5, 0.6) is 0 Å². The van der Waals surface area contributed by atoms with Crippen molar-refractivity contribution in [2.24, 2.45) is 5.92 Å². The molecule has 0 saturated carbocycles. The van der Waals surface area contributed by atoms with Crippen LogP contribution in [0.4, 0.5) is 0 Å². The van der Waals surface area contributed by atoms with Crippen LogP contribution < -0.4 is 0 Å². The second kappa shape index (κ2) is 11.9. The van der Waals surface area contributed by atoms with Crippen molar-refractivity contribution >= 4 is 17.9 Å². The summed E-state index contributed by atoms with van der Waals surface area (Å²) in [5.41, 5.74) is 0. The Kier molecular flexibility index (Phi) is 10.1. The summed E-state index contributed by atoms with van der Waals surface area (Å²) in [7, 11) is 0. The van der Waals surface area contributed by atoms with Gasteiger partial charge in [0.2, 0.25) is 0 Å². The molecule has 132 valence electrons. The van der Waals surface area contributed by atoms with Gasteiger partial charge in [0.1, 0.15) is 0 Å². The van der Waals surface area contributed by atoms with Crippen molar-refractivity contribution < 1.29 is 28.6 Å². The molecule has 0 aromatic heterocycles. The van der Waals surface area contributed by atoms with Gasteiger partial charge in [-0.25, -0.2) is 0 Å². The van der Waals surface area contributed by atoms with Gasteiger partial charge in [-0.2, -0.15) is 0 Å². The van der Waals surface area contributed by atoms with E-state index in [-0.39, 0.29) is 17.9 Å². The number of rotatable bonds is 0. The van der Waals surface area contributed by atoms with E-state index in [0.29, 0.717) is 45.0 Å². The average Bonchev–Trinajstić information content (AvgIpc) is 2.77. The highest BCUT2D eigenvalue weighted by atomic mass is 16.5. The monoisotopic (exact) mass is 328 g/mol. The normalized spacial score (nSPS) is 24.4. The Morgan fingerprint density at radius 2 is 1.22 bits per heavy atom. The van der Waals surface area contributed by atoms with E-state index in [2.05, 4.69) is 11.7 Å². The summed E-state index contributed by atoms with van der Waals surface area (Å²) < 4.78 is 14.1. The largest absolute Gasteiger partial charge is 0.466 e. The standard InChI is InChI=1S/2C6H10O2.C5H8O2/c1-5-2-3-8-6(7)4-5;7-6-4-2-1-3-5-8-6;6-5-3-1-2-4-7-5/h5H,2-4H2,1H3;1-5H2;1-4H2. The summed E-state index contributed by atoms with van der Waals surface area (Å²) in [5.74, 6) is 0.439. The zero-order valence-corrected chi connectivity index (χ0v) is 14.0. The molecule has 6 heteroatoms. The molecule has 0 aliphatic carbocycles. The van der Waals surface area contributed by atoms with Gasteiger partial charge in [-0.1, -0.05) is 6.92 Å². The van der Waals surface area contributed by atoms with Crippen LogP contribution >= 0.6 is 0 Å². The van der Waals surface area contributed by atoms with Crippen LogP contribution in [0.3, 0.4) is 0 Å². The first kappa shape index (κ1) is 19.5. The molecule has 0 radical (unpaired) electrons. The number of carbonyl (C=O) groups excluding carboxylic acids is 3. The van der Waals surface area contributed by atoms with E-state index in [1.165, 1.54) is 0 Å². The van der Waals surface area contributed by atoms with Crippen LogP contribution in [-0.2, 0) is 28.6 Å². The summed E-state index contributed by atoms with van der Waals surface area (Å²) in [5, 5.41) is 0. The van der Waals surface area contributed by atoms with E-state index in [4.69, 9.17) is 9.47 Å². The quantitative estimate of drug-likeness (QED) is 0.502. The van der Waals surface area contributed by atoms with Crippen molar-refractivity contribution in [1.29, 1.82) is 0 Å². The number of hydrogen-bond acceptors (Lipinski definition) is 6. The summed E-state index contributed by atoms with van der Waals surface area (Å²) >= 11 is 0. The number of esters is 3. The zero-order valence-electron chi connectivity index (χ0n) is 14.0. The van der Waals surface area contributed by atoms with Crippen molar-refractivity contribution in [1.82, 2.24) is 0 Å². The van der Waals surface area contributed by atoms with E-state index < -0.39 is 0 Å². The Morgan fingerprint density at radius 1 is 0.696 bits per heavy atom. The van der Waals surface area contributed by atoms with Crippen molar-refractivity contribution in [2.75, 3.05) is 19.8 Å². The van der Waals surface area contributed by atoms with Crippen LogP contribution in [0.15, 0.2) is 0 Å². The first-order valence-electron chi connectivity index (χ1n) is 8.55. The maximum Gasteiger partial charge on any atom is 0.306 e. The van der Waals surface area contributed by atoms with Gasteiger partial charge in [-0.15, -0.1) is 0 Å². The summed E-state index contributed by atoms with van der Waals surface area (Å²) in [6.07, 6.45) is 8.16. The molecule has 3 aliphatic rings. The van der Waals surface area contributed by atoms with Gasteiger partial charge in [-0.05, 0) is 44.4 Å². The maximum atomic E-state index is 10.5. The lowest BCUT2D eigenvalue weighted by Gasteiger charge is -2.16. The molecule has 23 heavy (non-hydrogen) atoms. The third-order valence-corrected chi connectivity index (χ3v) is 3.72. The fourth-order valence-electron chi connectivity index (χ4n) is 2.26. The predicted molar refractivity (Wildman–Crippen MR) is 83.6 cm³/mol. The lowest BCUT2D eigenvalue weighted by molar-refractivity contribution is -0.149. The highest BCUT2D eigenvalue weighted by Gasteiger charge is 2.15. The molecule has 3 fully saturated rings. The van der Waals surface area contributed by atoms with E-state index in [9.17, 15) is 14.4 Å². The van der Waals surface area contributed by atoms with Gasteiger partial charge >= 0.3 is 17.9 Å². The molecule has 3 heterocycles. The van der Waals surface area contributed by atoms with E-state index >= 15 is 0 Å². The Balaban J connectivity index is 0.000000173. The van der Waals surface area contributed by atoms with Crippen LogP contribution in [0.25, 0.3) is 0 Å². The Labute approximate surface area is 137 Å². The lowest BCUT2D eigenvalue weighted by Crippen LogP contribution is -2.18. The van der Waals surface area contributed by atoms with Gasteiger partial charge < -0.3 is 14.2 Å². The third kappa shape index (κ3) is 10.7. The van der Waals surface area contributed by atoms with Gasteiger partial charge in [0.25, 0.3) is 0 Å². The molecule has 6 nitrogen and oxygen atoms in total. The van der Waals surface area contributed by atoms with Gasteiger partial charge in [-0.3, -0.25) is 14.4 Å². The third-order valence-electron chi connectivity index (χ3n) is 3.72. The molecule has 0 spiro atoms. The first-order chi connectivity index (χ1) is 11.1. The van der Waals surface area contributed by atoms with Crippen molar-refractivity contribution in [2.45, 2.75) is 64.7 Å². The second-order valence-electron chi connectivity index (χ2n) is 6.03. The zero-order chi connectivity index (χ0) is 16.9. The number of cyclic esters (lactones) is 3. The highest BCUT2D eigenvalue weighted by molar-refractivity contribution is 5.70. The minimum atomic E-state index is -0.0382. The SMILES string of the molecule is CC1CCOC(=O)C1.O=C1CCCCCO1.O=C1CCCCO1. The molecular formula is C17H28O6. The minimum absolute atomic E-state index is 0.0255. The predicted octanol–water partition coefficient (Wildman–Crippen LogP) is 2.78. The molecule has 3 aliphatic heterocycles. The minimum Gasteiger partial charge on any atom is -0.466 e. The summed E-state index contributed by atoms with van der Waals surface area (Å²) in [4.78, 5) is 31.2. The van der Waals surface area contributed by atoms with E-state index in [0.717, 1.165) is 38.5 Å². The Morgan fingerprint density at radius 3 is 1.70 bits per heavy atom. The smallest absolute Gasteiger partial charge is 0.306 e. The molecule has 1 atom stereocenters. The maximum absolute atomic E-state index is 10.5. The van der Waals surface area contributed by atoms with Gasteiger partial charge in [0, 0.05) is 19.3 Å². The second-order valence-corrected chi connectivity index (χ2v) is 6.03. The Bertz CT molecular complexity index is 359. The summed E-state index contributed by atoms with van der Waals surface area (Å²) in [6, 6.07) is 0. The van der Waals surface area contributed by atoms with Crippen LogP contribution in [0.1, 0.15) is 64.7 Å². The van der Waals surface area contributed by atoms with Gasteiger partial charge in [0.15, 0.2) is 0 Å². The molecule has 0 aromatic rings.